The summed E-state index contributed by atoms with van der Waals surface area (Å²) in [7, 11) is 6.02. The van der Waals surface area contributed by atoms with Gasteiger partial charge in [-0.2, -0.15) is 0 Å². The molecule has 1 aromatic carbocycles. The van der Waals surface area contributed by atoms with Gasteiger partial charge in [0.1, 0.15) is 11.6 Å². The van der Waals surface area contributed by atoms with Crippen LogP contribution in [0.1, 0.15) is 29.3 Å². The van der Waals surface area contributed by atoms with E-state index in [1.807, 2.05) is 33.3 Å². The zero-order valence-corrected chi connectivity index (χ0v) is 21.4. The van der Waals surface area contributed by atoms with Crippen LogP contribution in [0.5, 0.6) is 0 Å². The van der Waals surface area contributed by atoms with Crippen LogP contribution in [-0.4, -0.2) is 78.2 Å². The van der Waals surface area contributed by atoms with Crippen molar-refractivity contribution in [1.29, 1.82) is 0 Å². The van der Waals surface area contributed by atoms with Gasteiger partial charge in [-0.05, 0) is 55.7 Å². The van der Waals surface area contributed by atoms with E-state index < -0.39 is 0 Å². The van der Waals surface area contributed by atoms with Crippen LogP contribution in [0.2, 0.25) is 0 Å². The summed E-state index contributed by atoms with van der Waals surface area (Å²) >= 11 is 0. The van der Waals surface area contributed by atoms with E-state index in [2.05, 4.69) is 55.5 Å². The molecule has 1 amide bonds. The highest BCUT2D eigenvalue weighted by Gasteiger charge is 2.18. The van der Waals surface area contributed by atoms with Crippen molar-refractivity contribution < 1.29 is 9.90 Å². The number of carbonyl (C=O) groups excluding carboxylic acids is 1. The Labute approximate surface area is 212 Å². The van der Waals surface area contributed by atoms with Gasteiger partial charge in [0.05, 0.1) is 6.61 Å². The van der Waals surface area contributed by atoms with Crippen molar-refractivity contribution >= 4 is 33.9 Å². The van der Waals surface area contributed by atoms with Crippen molar-refractivity contribution in [3.63, 3.8) is 0 Å². The zero-order chi connectivity index (χ0) is 25.7. The van der Waals surface area contributed by atoms with Gasteiger partial charge in [-0.25, -0.2) is 9.97 Å². The molecule has 0 saturated heterocycles. The molecule has 1 aliphatic rings. The third kappa shape index (κ3) is 5.90. The molecule has 0 aliphatic carbocycles. The number of nitrogens with zero attached hydrogens (tertiary/aromatic N) is 4. The molecular weight excluding hydrogens is 452 g/mol. The second-order valence-corrected chi connectivity index (χ2v) is 9.28. The summed E-state index contributed by atoms with van der Waals surface area (Å²) < 4.78 is 0. The van der Waals surface area contributed by atoms with E-state index in [-0.39, 0.29) is 12.5 Å². The van der Waals surface area contributed by atoms with Gasteiger partial charge >= 0.3 is 0 Å². The second-order valence-electron chi connectivity index (χ2n) is 9.28. The van der Waals surface area contributed by atoms with Crippen molar-refractivity contribution in [2.24, 2.45) is 0 Å². The molecule has 0 fully saturated rings. The molecule has 3 heterocycles. The first-order valence-electron chi connectivity index (χ1n) is 12.2. The van der Waals surface area contributed by atoms with E-state index in [0.717, 1.165) is 53.7 Å². The molecule has 0 radical (unpaired) electrons. The Kier molecular flexibility index (Phi) is 7.97. The Balaban J connectivity index is 1.57. The summed E-state index contributed by atoms with van der Waals surface area (Å²) in [6, 6.07) is 11.5. The molecule has 4 rings (SSSR count). The fraction of sp³-hybridized carbons (Fsp3) is 0.321. The van der Waals surface area contributed by atoms with Crippen LogP contribution >= 0.6 is 0 Å². The number of aromatic nitrogens is 2. The van der Waals surface area contributed by atoms with Crippen LogP contribution in [0, 0.1) is 0 Å². The lowest BCUT2D eigenvalue weighted by Crippen LogP contribution is -2.26. The van der Waals surface area contributed by atoms with Crippen LogP contribution in [0.15, 0.2) is 66.1 Å². The smallest absolute Gasteiger partial charge is 0.257 e. The highest BCUT2D eigenvalue weighted by atomic mass is 16.3. The van der Waals surface area contributed by atoms with Crippen molar-refractivity contribution in [3.05, 3.63) is 77.3 Å². The maximum atomic E-state index is 12.9. The topological polar surface area (TPSA) is 93.6 Å². The number of hydrogen-bond acceptors (Lipinski definition) is 7. The van der Waals surface area contributed by atoms with Crippen molar-refractivity contribution in [3.8, 4) is 0 Å². The predicted molar refractivity (Wildman–Crippen MR) is 146 cm³/mol. The molecule has 3 N–H and O–H groups in total. The summed E-state index contributed by atoms with van der Waals surface area (Å²) in [6.07, 6.45) is 6.53. The minimum absolute atomic E-state index is 0.0209. The molecule has 188 valence electrons. The second kappa shape index (κ2) is 11.3. The van der Waals surface area contributed by atoms with Crippen LogP contribution in [0.3, 0.4) is 0 Å². The summed E-state index contributed by atoms with van der Waals surface area (Å²) in [4.78, 5) is 25.8. The van der Waals surface area contributed by atoms with Crippen molar-refractivity contribution in [2.75, 3.05) is 58.0 Å². The van der Waals surface area contributed by atoms with Crippen LogP contribution in [0.25, 0.3) is 16.3 Å². The minimum atomic E-state index is -0.245. The van der Waals surface area contributed by atoms with E-state index in [0.29, 0.717) is 17.2 Å². The van der Waals surface area contributed by atoms with E-state index in [1.165, 1.54) is 5.57 Å². The first-order valence-corrected chi connectivity index (χ1v) is 12.2. The number of hydrogen-bond donors (Lipinski definition) is 3. The Morgan fingerprint density at radius 1 is 1.11 bits per heavy atom. The van der Waals surface area contributed by atoms with Crippen molar-refractivity contribution in [1.82, 2.24) is 19.8 Å². The van der Waals surface area contributed by atoms with Crippen LogP contribution in [-0.2, 0) is 0 Å². The maximum absolute atomic E-state index is 12.9. The summed E-state index contributed by atoms with van der Waals surface area (Å²) in [6.45, 7) is 4.55. The van der Waals surface area contributed by atoms with Gasteiger partial charge in [0.25, 0.3) is 5.91 Å². The normalized spacial score (nSPS) is 13.8. The van der Waals surface area contributed by atoms with Crippen LogP contribution in [0.4, 0.5) is 11.6 Å². The lowest BCUT2D eigenvalue weighted by Gasteiger charge is -2.29. The Hall–Kier alpha value is -3.75. The monoisotopic (exact) mass is 486 g/mol. The van der Waals surface area contributed by atoms with Crippen molar-refractivity contribution in [2.45, 2.75) is 13.3 Å². The lowest BCUT2D eigenvalue weighted by atomic mass is 9.94. The Morgan fingerprint density at radius 3 is 2.69 bits per heavy atom. The number of carbonyl (C=O) groups is 1. The van der Waals surface area contributed by atoms with E-state index >= 15 is 0 Å². The van der Waals surface area contributed by atoms with Gasteiger partial charge in [0.2, 0.25) is 0 Å². The summed E-state index contributed by atoms with van der Waals surface area (Å²) in [5, 5.41) is 18.1. The molecule has 0 unspecified atom stereocenters. The third-order valence-electron chi connectivity index (χ3n) is 6.33. The zero-order valence-electron chi connectivity index (χ0n) is 21.4. The quantitative estimate of drug-likeness (QED) is 0.423. The molecule has 1 aliphatic heterocycles. The number of likely N-dealkylation sites (N-methyl/N-ethyl adjacent to an activating group) is 2. The van der Waals surface area contributed by atoms with Gasteiger partial charge in [0.15, 0.2) is 0 Å². The Morgan fingerprint density at radius 2 is 1.94 bits per heavy atom. The molecule has 0 spiro atoms. The molecule has 0 saturated carbocycles. The standard InChI is InChI=1S/C28H34N6O2/c1-5-19-12-24(25(18-35)34(4)17-19)20-6-7-22-16-31-27(15-23(22)13-20)32-28(36)21-8-9-29-26(14-21)30-10-11-33(2)3/h6-9,12-16,35H,5,10-11,17-18H2,1-4H3,(H,29,30)(H,31,32,36). The highest BCUT2D eigenvalue weighted by molar-refractivity contribution is 6.05. The number of aliphatic hydroxyl groups is 1. The molecular formula is C28H34N6O2. The molecule has 36 heavy (non-hydrogen) atoms. The molecule has 8 nitrogen and oxygen atoms in total. The molecule has 3 aromatic rings. The van der Waals surface area contributed by atoms with Gasteiger partial charge in [0, 0.05) is 61.3 Å². The maximum Gasteiger partial charge on any atom is 0.257 e. The van der Waals surface area contributed by atoms with E-state index in [1.54, 1.807) is 24.5 Å². The number of pyridine rings is 2. The van der Waals surface area contributed by atoms with Gasteiger partial charge in [-0.15, -0.1) is 0 Å². The number of amides is 1. The predicted octanol–water partition coefficient (Wildman–Crippen LogP) is 3.84. The SMILES string of the molecule is CCC1=CC(c2ccc3cnc(NC(=O)c4ccnc(NCCN(C)C)c4)cc3c2)=C(CO)N(C)C1. The number of benzene rings is 1. The fourth-order valence-electron chi connectivity index (χ4n) is 4.25. The number of fused-ring (bicyclic) bond motifs is 1. The molecule has 0 atom stereocenters. The number of nitrogens with one attached hydrogen (secondary N) is 2. The lowest BCUT2D eigenvalue weighted by molar-refractivity contribution is 0.102. The minimum Gasteiger partial charge on any atom is -0.390 e. The fourth-order valence-corrected chi connectivity index (χ4v) is 4.25. The summed E-state index contributed by atoms with van der Waals surface area (Å²) in [5.74, 6) is 0.891. The summed E-state index contributed by atoms with van der Waals surface area (Å²) in [5.41, 5.74) is 4.78. The number of rotatable bonds is 9. The van der Waals surface area contributed by atoms with E-state index in [4.69, 9.17) is 0 Å². The first kappa shape index (κ1) is 25.3. The number of aliphatic hydroxyl groups excluding tert-OH is 1. The highest BCUT2D eigenvalue weighted by Crippen LogP contribution is 2.31. The Bertz CT molecular complexity index is 1310. The average molecular weight is 487 g/mol. The number of anilines is 2. The van der Waals surface area contributed by atoms with Gasteiger partial charge < -0.3 is 25.5 Å². The number of allylic oxidation sites excluding steroid dienone is 2. The first-order chi connectivity index (χ1) is 17.4. The van der Waals surface area contributed by atoms with Gasteiger partial charge in [-0.1, -0.05) is 30.7 Å². The molecule has 2 aromatic heterocycles. The molecule has 8 heteroatoms. The average Bonchev–Trinajstić information content (AvgIpc) is 2.87. The largest absolute Gasteiger partial charge is 0.390 e. The van der Waals surface area contributed by atoms with E-state index in [9.17, 15) is 9.90 Å². The molecule has 0 bridgehead atoms. The van der Waals surface area contributed by atoms with Crippen LogP contribution < -0.4 is 10.6 Å². The third-order valence-corrected chi connectivity index (χ3v) is 6.33. The van der Waals surface area contributed by atoms with Gasteiger partial charge in [-0.3, -0.25) is 4.79 Å².